The summed E-state index contributed by atoms with van der Waals surface area (Å²) in [4.78, 5) is 30.0. The number of carbonyl (C=O) groups is 1. The number of aromatic amines is 1. The van der Waals surface area contributed by atoms with E-state index in [0.29, 0.717) is 24.4 Å². The number of rotatable bonds is 6. The molecule has 0 aliphatic carbocycles. The number of nitrogens with one attached hydrogen (secondary N) is 2. The molecule has 0 atom stereocenters. The molecule has 2 amide bonds. The number of amides is 2. The molecule has 152 valence electrons. The van der Waals surface area contributed by atoms with Crippen molar-refractivity contribution in [3.63, 3.8) is 0 Å². The lowest BCUT2D eigenvalue weighted by Crippen LogP contribution is -2.38. The Hall–Kier alpha value is -3.12. The second kappa shape index (κ2) is 8.92. The maximum atomic E-state index is 12.8. The molecule has 0 saturated heterocycles. The molecular formula is C23H27N3O3. The maximum Gasteiger partial charge on any atom is 0.322 e. The van der Waals surface area contributed by atoms with E-state index in [2.05, 4.69) is 10.3 Å². The molecule has 2 aromatic carbocycles. The number of benzene rings is 2. The Morgan fingerprint density at radius 3 is 2.48 bits per heavy atom. The third kappa shape index (κ3) is 5.03. The lowest BCUT2D eigenvalue weighted by atomic mass is 10.1. The second-order valence-corrected chi connectivity index (χ2v) is 7.38. The minimum atomic E-state index is -0.272. The Kier molecular flexibility index (Phi) is 6.34. The summed E-state index contributed by atoms with van der Waals surface area (Å²) in [7, 11) is 1.59. The van der Waals surface area contributed by atoms with Crippen molar-refractivity contribution in [3.05, 3.63) is 75.1 Å². The first-order chi connectivity index (χ1) is 13.9. The molecule has 2 N–H and O–H groups in total. The SMILES string of the molecule is COCCN(Cc1cc2cc(C)cc(C)c2[nH]c1=O)C(=O)Nc1ccc(C)cc1. The molecule has 3 rings (SSSR count). The number of pyridine rings is 1. The monoisotopic (exact) mass is 393 g/mol. The summed E-state index contributed by atoms with van der Waals surface area (Å²) in [6, 6.07) is 13.3. The van der Waals surface area contributed by atoms with Crippen LogP contribution in [0, 0.1) is 20.8 Å². The maximum absolute atomic E-state index is 12.8. The Balaban J connectivity index is 1.87. The number of H-pyrrole nitrogens is 1. The van der Waals surface area contributed by atoms with Gasteiger partial charge in [-0.05, 0) is 56.0 Å². The van der Waals surface area contributed by atoms with Crippen molar-refractivity contribution in [1.29, 1.82) is 0 Å². The normalized spacial score (nSPS) is 10.9. The van der Waals surface area contributed by atoms with Crippen LogP contribution in [0.5, 0.6) is 0 Å². The van der Waals surface area contributed by atoms with E-state index in [9.17, 15) is 9.59 Å². The molecule has 0 bridgehead atoms. The Bertz CT molecular complexity index is 1070. The van der Waals surface area contributed by atoms with Crippen LogP contribution in [0.15, 0.2) is 47.3 Å². The van der Waals surface area contributed by atoms with Crippen molar-refractivity contribution in [3.8, 4) is 0 Å². The third-order valence-electron chi connectivity index (χ3n) is 4.89. The average molecular weight is 393 g/mol. The molecule has 3 aromatic rings. The summed E-state index contributed by atoms with van der Waals surface area (Å²) in [6.07, 6.45) is 0. The van der Waals surface area contributed by atoms with Gasteiger partial charge in [0.25, 0.3) is 5.56 Å². The molecule has 0 radical (unpaired) electrons. The molecule has 0 fully saturated rings. The Morgan fingerprint density at radius 1 is 1.07 bits per heavy atom. The van der Waals surface area contributed by atoms with Gasteiger partial charge in [-0.15, -0.1) is 0 Å². The molecular weight excluding hydrogens is 366 g/mol. The summed E-state index contributed by atoms with van der Waals surface area (Å²) < 4.78 is 5.15. The van der Waals surface area contributed by atoms with Crippen LogP contribution in [-0.2, 0) is 11.3 Å². The van der Waals surface area contributed by atoms with E-state index in [0.717, 1.165) is 27.6 Å². The zero-order chi connectivity index (χ0) is 21.0. The van der Waals surface area contributed by atoms with E-state index in [1.165, 1.54) is 0 Å². The number of carbonyl (C=O) groups excluding carboxylic acids is 1. The van der Waals surface area contributed by atoms with Crippen molar-refractivity contribution >= 4 is 22.6 Å². The molecule has 6 nitrogen and oxygen atoms in total. The number of urea groups is 1. The molecule has 0 aliphatic heterocycles. The molecule has 1 heterocycles. The highest BCUT2D eigenvalue weighted by Crippen LogP contribution is 2.19. The van der Waals surface area contributed by atoms with Gasteiger partial charge in [0.1, 0.15) is 0 Å². The Labute approximate surface area is 170 Å². The summed E-state index contributed by atoms with van der Waals surface area (Å²) in [6.45, 7) is 6.94. The van der Waals surface area contributed by atoms with Crippen LogP contribution in [-0.4, -0.2) is 36.2 Å². The van der Waals surface area contributed by atoms with Gasteiger partial charge in [-0.25, -0.2) is 4.79 Å². The van der Waals surface area contributed by atoms with Gasteiger partial charge in [0.15, 0.2) is 0 Å². The minimum absolute atomic E-state index is 0.185. The van der Waals surface area contributed by atoms with E-state index in [1.807, 2.05) is 63.2 Å². The van der Waals surface area contributed by atoms with E-state index in [1.54, 1.807) is 12.0 Å². The van der Waals surface area contributed by atoms with Gasteiger partial charge in [-0.2, -0.15) is 0 Å². The largest absolute Gasteiger partial charge is 0.383 e. The van der Waals surface area contributed by atoms with Gasteiger partial charge in [0.2, 0.25) is 0 Å². The second-order valence-electron chi connectivity index (χ2n) is 7.38. The van der Waals surface area contributed by atoms with Gasteiger partial charge in [0.05, 0.1) is 18.7 Å². The lowest BCUT2D eigenvalue weighted by molar-refractivity contribution is 0.152. The van der Waals surface area contributed by atoms with Crippen molar-refractivity contribution in [2.75, 3.05) is 25.6 Å². The first-order valence-corrected chi connectivity index (χ1v) is 9.62. The molecule has 0 aliphatic rings. The number of fused-ring (bicyclic) bond motifs is 1. The number of aromatic nitrogens is 1. The summed E-state index contributed by atoms with van der Waals surface area (Å²) in [5.74, 6) is 0. The van der Waals surface area contributed by atoms with Crippen molar-refractivity contribution in [2.45, 2.75) is 27.3 Å². The summed E-state index contributed by atoms with van der Waals surface area (Å²) in [5.41, 5.74) is 5.16. The van der Waals surface area contributed by atoms with Gasteiger partial charge in [0, 0.05) is 24.9 Å². The van der Waals surface area contributed by atoms with Gasteiger partial charge in [-0.3, -0.25) is 4.79 Å². The molecule has 0 unspecified atom stereocenters. The van der Waals surface area contributed by atoms with Crippen LogP contribution in [0.25, 0.3) is 10.9 Å². The molecule has 0 saturated carbocycles. The number of ether oxygens (including phenoxy) is 1. The number of hydrogen-bond acceptors (Lipinski definition) is 3. The minimum Gasteiger partial charge on any atom is -0.383 e. The molecule has 6 heteroatoms. The summed E-state index contributed by atoms with van der Waals surface area (Å²) in [5, 5.41) is 3.85. The average Bonchev–Trinajstić information content (AvgIpc) is 2.67. The molecule has 0 spiro atoms. The summed E-state index contributed by atoms with van der Waals surface area (Å²) >= 11 is 0. The van der Waals surface area contributed by atoms with Crippen LogP contribution in [0.4, 0.5) is 10.5 Å². The molecule has 29 heavy (non-hydrogen) atoms. The van der Waals surface area contributed by atoms with Crippen molar-refractivity contribution in [2.24, 2.45) is 0 Å². The highest BCUT2D eigenvalue weighted by atomic mass is 16.5. The number of methoxy groups -OCH3 is 1. The third-order valence-corrected chi connectivity index (χ3v) is 4.89. The standard InChI is InChI=1S/C23H27N3O3/c1-15-5-7-20(8-6-15)24-23(28)26(9-10-29-4)14-19-13-18-12-16(2)11-17(3)21(18)25-22(19)27/h5-8,11-13H,9-10,14H2,1-4H3,(H,24,28)(H,25,27). The van der Waals surface area contributed by atoms with Crippen LogP contribution >= 0.6 is 0 Å². The quantitative estimate of drug-likeness (QED) is 0.661. The number of aryl methyl sites for hydroxylation is 3. The lowest BCUT2D eigenvalue weighted by Gasteiger charge is -2.23. The van der Waals surface area contributed by atoms with Crippen LogP contribution in [0.1, 0.15) is 22.3 Å². The van der Waals surface area contributed by atoms with Crippen LogP contribution in [0.2, 0.25) is 0 Å². The Morgan fingerprint density at radius 2 is 1.79 bits per heavy atom. The highest BCUT2D eigenvalue weighted by molar-refractivity contribution is 5.89. The van der Waals surface area contributed by atoms with E-state index >= 15 is 0 Å². The van der Waals surface area contributed by atoms with Crippen LogP contribution < -0.4 is 10.9 Å². The van der Waals surface area contributed by atoms with E-state index in [-0.39, 0.29) is 18.1 Å². The zero-order valence-corrected chi connectivity index (χ0v) is 17.3. The highest BCUT2D eigenvalue weighted by Gasteiger charge is 2.17. The topological polar surface area (TPSA) is 74.4 Å². The van der Waals surface area contributed by atoms with Crippen molar-refractivity contribution in [1.82, 2.24) is 9.88 Å². The van der Waals surface area contributed by atoms with Gasteiger partial charge < -0.3 is 19.9 Å². The zero-order valence-electron chi connectivity index (χ0n) is 17.3. The first kappa shape index (κ1) is 20.6. The smallest absolute Gasteiger partial charge is 0.322 e. The van der Waals surface area contributed by atoms with Crippen LogP contribution in [0.3, 0.4) is 0 Å². The van der Waals surface area contributed by atoms with Gasteiger partial charge in [-0.1, -0.05) is 29.3 Å². The fourth-order valence-electron chi connectivity index (χ4n) is 3.35. The fraction of sp³-hybridized carbons (Fsp3) is 0.304. The number of hydrogen-bond donors (Lipinski definition) is 2. The van der Waals surface area contributed by atoms with Gasteiger partial charge >= 0.3 is 6.03 Å². The number of anilines is 1. The van der Waals surface area contributed by atoms with E-state index < -0.39 is 0 Å². The van der Waals surface area contributed by atoms with Crippen molar-refractivity contribution < 1.29 is 9.53 Å². The molecule has 1 aromatic heterocycles. The van der Waals surface area contributed by atoms with E-state index in [4.69, 9.17) is 4.74 Å². The predicted octanol–water partition coefficient (Wildman–Crippen LogP) is 4.13. The number of nitrogens with zero attached hydrogens (tertiary/aromatic N) is 1. The fourth-order valence-corrected chi connectivity index (χ4v) is 3.35. The predicted molar refractivity (Wildman–Crippen MR) is 117 cm³/mol. The first-order valence-electron chi connectivity index (χ1n) is 9.62.